The molecule has 0 unspecified atom stereocenters. The minimum absolute atomic E-state index is 0.0334. The fraction of sp³-hybridized carbons (Fsp3) is 0. The average Bonchev–Trinajstić information content (AvgIpc) is 3.18. The third kappa shape index (κ3) is 3.47. The molecule has 0 fully saturated rings. The minimum Gasteiger partial charge on any atom is -0.261 e. The standard InChI is InChI=1S/C18H13N7O2/c26-25(27)15-8-6-13(7-9-15)11-20-23-17-10-16(14-4-2-1-3-5-14)22-18-19-12-21-24(17)18/h1-12,23H/b20-11-. The summed E-state index contributed by atoms with van der Waals surface area (Å²) in [6.07, 6.45) is 2.98. The van der Waals surface area contributed by atoms with Crippen molar-refractivity contribution in [1.82, 2.24) is 19.6 Å². The van der Waals surface area contributed by atoms with Gasteiger partial charge in [0.1, 0.15) is 6.33 Å². The Hall–Kier alpha value is -4.14. The summed E-state index contributed by atoms with van der Waals surface area (Å²) in [5, 5.41) is 19.0. The van der Waals surface area contributed by atoms with E-state index in [-0.39, 0.29) is 5.69 Å². The third-order valence-electron chi connectivity index (χ3n) is 3.82. The zero-order chi connectivity index (χ0) is 18.6. The van der Waals surface area contributed by atoms with Gasteiger partial charge in [0.05, 0.1) is 16.8 Å². The quantitative estimate of drug-likeness (QED) is 0.333. The van der Waals surface area contributed by atoms with E-state index in [4.69, 9.17) is 0 Å². The van der Waals surface area contributed by atoms with Crippen LogP contribution in [0.15, 0.2) is 72.1 Å². The Morgan fingerprint density at radius 1 is 1.11 bits per heavy atom. The fourth-order valence-electron chi connectivity index (χ4n) is 2.50. The highest BCUT2D eigenvalue weighted by Gasteiger charge is 2.08. The lowest BCUT2D eigenvalue weighted by Gasteiger charge is -2.06. The molecule has 9 nitrogen and oxygen atoms in total. The predicted molar refractivity (Wildman–Crippen MR) is 101 cm³/mol. The molecule has 132 valence electrons. The molecule has 0 spiro atoms. The van der Waals surface area contributed by atoms with Gasteiger partial charge in [-0.2, -0.15) is 19.7 Å². The summed E-state index contributed by atoms with van der Waals surface area (Å²) in [5.41, 5.74) is 5.37. The van der Waals surface area contributed by atoms with Crippen LogP contribution in [-0.2, 0) is 0 Å². The van der Waals surface area contributed by atoms with E-state index < -0.39 is 4.92 Å². The maximum atomic E-state index is 10.7. The van der Waals surface area contributed by atoms with E-state index in [0.29, 0.717) is 11.6 Å². The number of hydrazone groups is 1. The van der Waals surface area contributed by atoms with Crippen molar-refractivity contribution in [2.75, 3.05) is 5.43 Å². The molecule has 0 amide bonds. The van der Waals surface area contributed by atoms with Gasteiger partial charge in [-0.3, -0.25) is 15.5 Å². The van der Waals surface area contributed by atoms with Crippen molar-refractivity contribution in [3.8, 4) is 11.3 Å². The molecular weight excluding hydrogens is 346 g/mol. The first-order valence-corrected chi connectivity index (χ1v) is 8.00. The summed E-state index contributed by atoms with van der Waals surface area (Å²) >= 11 is 0. The fourth-order valence-corrected chi connectivity index (χ4v) is 2.50. The highest BCUT2D eigenvalue weighted by molar-refractivity contribution is 5.80. The Morgan fingerprint density at radius 2 is 1.89 bits per heavy atom. The molecule has 0 bridgehead atoms. The van der Waals surface area contributed by atoms with Crippen molar-refractivity contribution in [1.29, 1.82) is 0 Å². The molecule has 9 heteroatoms. The van der Waals surface area contributed by atoms with Gasteiger partial charge >= 0.3 is 0 Å². The number of rotatable bonds is 5. The first-order valence-electron chi connectivity index (χ1n) is 8.00. The summed E-state index contributed by atoms with van der Waals surface area (Å²) < 4.78 is 1.54. The summed E-state index contributed by atoms with van der Waals surface area (Å²) in [5.74, 6) is 1.04. The molecule has 2 aromatic heterocycles. The van der Waals surface area contributed by atoms with Gasteiger partial charge in [-0.1, -0.05) is 30.3 Å². The van der Waals surface area contributed by atoms with Crippen molar-refractivity contribution in [3.05, 3.63) is 82.7 Å². The molecule has 2 heterocycles. The van der Waals surface area contributed by atoms with Gasteiger partial charge in [0.15, 0.2) is 5.82 Å². The van der Waals surface area contributed by atoms with Crippen LogP contribution in [0, 0.1) is 10.1 Å². The van der Waals surface area contributed by atoms with Crippen LogP contribution in [0.4, 0.5) is 11.5 Å². The minimum atomic E-state index is -0.442. The lowest BCUT2D eigenvalue weighted by atomic mass is 10.1. The molecular formula is C18H13N7O2. The van der Waals surface area contributed by atoms with Crippen LogP contribution in [0.5, 0.6) is 0 Å². The van der Waals surface area contributed by atoms with E-state index in [0.717, 1.165) is 16.8 Å². The van der Waals surface area contributed by atoms with E-state index in [1.807, 2.05) is 36.4 Å². The van der Waals surface area contributed by atoms with E-state index in [9.17, 15) is 10.1 Å². The molecule has 0 aliphatic heterocycles. The number of nitrogens with zero attached hydrogens (tertiary/aromatic N) is 6. The number of aromatic nitrogens is 4. The van der Waals surface area contributed by atoms with Crippen LogP contribution in [0.1, 0.15) is 5.56 Å². The Morgan fingerprint density at radius 3 is 2.63 bits per heavy atom. The van der Waals surface area contributed by atoms with Gasteiger partial charge in [-0.15, -0.1) is 0 Å². The molecule has 1 N–H and O–H groups in total. The van der Waals surface area contributed by atoms with Crippen LogP contribution in [0.2, 0.25) is 0 Å². The SMILES string of the molecule is O=[N+]([O-])c1ccc(/C=N\Nc2cc(-c3ccccc3)nc3ncnn23)cc1. The van der Waals surface area contributed by atoms with Gasteiger partial charge in [-0.25, -0.2) is 4.98 Å². The molecule has 0 radical (unpaired) electrons. The van der Waals surface area contributed by atoms with E-state index in [1.165, 1.54) is 18.5 Å². The number of benzene rings is 2. The Kier molecular flexibility index (Phi) is 4.24. The molecule has 0 atom stereocenters. The number of nitrogens with one attached hydrogen (secondary N) is 1. The lowest BCUT2D eigenvalue weighted by molar-refractivity contribution is -0.384. The zero-order valence-electron chi connectivity index (χ0n) is 13.9. The summed E-state index contributed by atoms with van der Waals surface area (Å²) in [6.45, 7) is 0. The zero-order valence-corrected chi connectivity index (χ0v) is 13.9. The molecule has 27 heavy (non-hydrogen) atoms. The topological polar surface area (TPSA) is 111 Å². The number of nitro benzene ring substituents is 1. The van der Waals surface area contributed by atoms with E-state index in [1.54, 1.807) is 22.9 Å². The number of hydrogen-bond acceptors (Lipinski definition) is 7. The Balaban J connectivity index is 1.61. The highest BCUT2D eigenvalue weighted by atomic mass is 16.6. The maximum absolute atomic E-state index is 10.7. The second-order valence-electron chi connectivity index (χ2n) is 5.58. The normalized spacial score (nSPS) is 11.1. The van der Waals surface area contributed by atoms with Crippen molar-refractivity contribution in [2.45, 2.75) is 0 Å². The van der Waals surface area contributed by atoms with Gasteiger partial charge < -0.3 is 0 Å². The molecule has 4 rings (SSSR count). The summed E-state index contributed by atoms with van der Waals surface area (Å²) in [7, 11) is 0. The molecule has 0 saturated heterocycles. The molecule has 4 aromatic rings. The first-order chi connectivity index (χ1) is 13.2. The number of anilines is 1. The van der Waals surface area contributed by atoms with Gasteiger partial charge in [-0.05, 0) is 17.7 Å². The van der Waals surface area contributed by atoms with Gasteiger partial charge in [0.2, 0.25) is 0 Å². The van der Waals surface area contributed by atoms with Crippen LogP contribution in [0.25, 0.3) is 17.0 Å². The predicted octanol–water partition coefficient (Wildman–Crippen LogP) is 3.15. The van der Waals surface area contributed by atoms with Crippen molar-refractivity contribution in [2.24, 2.45) is 5.10 Å². The monoisotopic (exact) mass is 359 g/mol. The molecule has 0 aliphatic rings. The van der Waals surface area contributed by atoms with Crippen LogP contribution >= 0.6 is 0 Å². The van der Waals surface area contributed by atoms with Crippen LogP contribution < -0.4 is 5.43 Å². The smallest absolute Gasteiger partial charge is 0.261 e. The van der Waals surface area contributed by atoms with E-state index in [2.05, 4.69) is 25.6 Å². The van der Waals surface area contributed by atoms with Crippen molar-refractivity contribution >= 4 is 23.5 Å². The number of fused-ring (bicyclic) bond motifs is 1. The molecule has 2 aromatic carbocycles. The molecule has 0 saturated carbocycles. The Labute approximate surface area is 153 Å². The molecule has 0 aliphatic carbocycles. The second kappa shape index (κ2) is 7.00. The van der Waals surface area contributed by atoms with Crippen LogP contribution in [-0.4, -0.2) is 30.7 Å². The van der Waals surface area contributed by atoms with E-state index >= 15 is 0 Å². The first kappa shape index (κ1) is 16.3. The lowest BCUT2D eigenvalue weighted by Crippen LogP contribution is -2.02. The Bertz CT molecular complexity index is 1120. The third-order valence-corrected chi connectivity index (χ3v) is 3.82. The van der Waals surface area contributed by atoms with Crippen LogP contribution in [0.3, 0.4) is 0 Å². The largest absolute Gasteiger partial charge is 0.269 e. The summed E-state index contributed by atoms with van der Waals surface area (Å²) in [6, 6.07) is 17.6. The van der Waals surface area contributed by atoms with Crippen molar-refractivity contribution < 1.29 is 4.92 Å². The average molecular weight is 359 g/mol. The maximum Gasteiger partial charge on any atom is 0.269 e. The van der Waals surface area contributed by atoms with Crippen molar-refractivity contribution in [3.63, 3.8) is 0 Å². The summed E-state index contributed by atoms with van der Waals surface area (Å²) in [4.78, 5) is 18.9. The highest BCUT2D eigenvalue weighted by Crippen LogP contribution is 2.21. The van der Waals surface area contributed by atoms with Gasteiger partial charge in [0, 0.05) is 23.8 Å². The second-order valence-corrected chi connectivity index (χ2v) is 5.58. The number of hydrogen-bond donors (Lipinski definition) is 1. The number of nitro groups is 1. The van der Waals surface area contributed by atoms with Gasteiger partial charge in [0.25, 0.3) is 11.5 Å². The number of non-ortho nitro benzene ring substituents is 1.